The number of benzene rings is 2. The topological polar surface area (TPSA) is 55.6 Å². The molecule has 1 N–H and O–H groups in total. The lowest BCUT2D eigenvalue weighted by atomic mass is 10.2. The molecule has 0 atom stereocenters. The number of rotatable bonds is 5. The Morgan fingerprint density at radius 2 is 1.78 bits per heavy atom. The van der Waals surface area contributed by atoms with E-state index in [0.717, 1.165) is 22.7 Å². The molecule has 0 saturated heterocycles. The Labute approximate surface area is 157 Å². The van der Waals surface area contributed by atoms with Gasteiger partial charge in [0.1, 0.15) is 23.7 Å². The number of nitrogens with zero attached hydrogens (tertiary/aromatic N) is 2. The zero-order chi connectivity index (χ0) is 18.6. The van der Waals surface area contributed by atoms with E-state index in [1.54, 1.807) is 6.20 Å². The molecule has 27 heavy (non-hydrogen) atoms. The van der Waals surface area contributed by atoms with E-state index in [4.69, 9.17) is 4.74 Å². The van der Waals surface area contributed by atoms with E-state index in [2.05, 4.69) is 10.3 Å². The minimum atomic E-state index is -0.240. The van der Waals surface area contributed by atoms with Crippen LogP contribution < -0.4 is 10.1 Å². The van der Waals surface area contributed by atoms with Crippen LogP contribution in [0.5, 0.6) is 5.75 Å². The van der Waals surface area contributed by atoms with Gasteiger partial charge in [0.2, 0.25) is 0 Å². The zero-order valence-electron chi connectivity index (χ0n) is 14.9. The predicted molar refractivity (Wildman–Crippen MR) is 105 cm³/mol. The van der Waals surface area contributed by atoms with Crippen molar-refractivity contribution in [2.24, 2.45) is 0 Å². The highest BCUT2D eigenvalue weighted by atomic mass is 16.5. The van der Waals surface area contributed by atoms with E-state index in [-0.39, 0.29) is 5.91 Å². The Bertz CT molecular complexity index is 1070. The second kappa shape index (κ2) is 7.33. The molecule has 0 unspecified atom stereocenters. The largest absolute Gasteiger partial charge is 0.489 e. The number of anilines is 1. The first-order chi connectivity index (χ1) is 13.2. The summed E-state index contributed by atoms with van der Waals surface area (Å²) >= 11 is 0. The smallest absolute Gasteiger partial charge is 0.275 e. The second-order valence-corrected chi connectivity index (χ2v) is 6.27. The van der Waals surface area contributed by atoms with E-state index < -0.39 is 0 Å². The first kappa shape index (κ1) is 16.8. The third-order valence-corrected chi connectivity index (χ3v) is 4.29. The molecule has 0 aliphatic heterocycles. The molecule has 4 aromatic rings. The van der Waals surface area contributed by atoms with Crippen molar-refractivity contribution in [3.8, 4) is 5.75 Å². The van der Waals surface area contributed by atoms with Crippen LogP contribution in [0, 0.1) is 6.92 Å². The number of imidazole rings is 1. The highest BCUT2D eigenvalue weighted by Gasteiger charge is 2.11. The predicted octanol–water partition coefficient (Wildman–Crippen LogP) is 4.47. The quantitative estimate of drug-likeness (QED) is 0.573. The highest BCUT2D eigenvalue weighted by molar-refractivity contribution is 6.03. The third kappa shape index (κ3) is 3.82. The molecule has 0 saturated carbocycles. The summed E-state index contributed by atoms with van der Waals surface area (Å²) in [4.78, 5) is 16.8. The lowest BCUT2D eigenvalue weighted by Gasteiger charge is -2.08. The Hall–Kier alpha value is -3.60. The standard InChI is InChI=1S/C22H19N3O2/c1-16-6-5-9-21-24-20(14-25(16)21)22(26)23-18-10-12-19(13-11-18)27-15-17-7-3-2-4-8-17/h2-14H,15H2,1H3,(H,23,26). The minimum Gasteiger partial charge on any atom is -0.489 e. The number of hydrogen-bond donors (Lipinski definition) is 1. The maximum absolute atomic E-state index is 12.5. The summed E-state index contributed by atoms with van der Waals surface area (Å²) in [5.74, 6) is 0.510. The molecular formula is C22H19N3O2. The van der Waals surface area contributed by atoms with Crippen LogP contribution in [0.2, 0.25) is 0 Å². The first-order valence-corrected chi connectivity index (χ1v) is 8.72. The van der Waals surface area contributed by atoms with E-state index in [1.807, 2.05) is 84.1 Å². The summed E-state index contributed by atoms with van der Waals surface area (Å²) in [6.45, 7) is 2.48. The lowest BCUT2D eigenvalue weighted by Crippen LogP contribution is -2.12. The van der Waals surface area contributed by atoms with Gasteiger partial charge in [-0.3, -0.25) is 4.79 Å². The molecule has 4 rings (SSSR count). The van der Waals surface area contributed by atoms with Crippen molar-refractivity contribution in [2.75, 3.05) is 5.32 Å². The number of amides is 1. The van der Waals surface area contributed by atoms with Crippen molar-refractivity contribution in [1.29, 1.82) is 0 Å². The van der Waals surface area contributed by atoms with Crippen LogP contribution >= 0.6 is 0 Å². The molecule has 0 aliphatic carbocycles. The molecule has 5 heteroatoms. The minimum absolute atomic E-state index is 0.240. The SMILES string of the molecule is Cc1cccc2nc(C(=O)Nc3ccc(OCc4ccccc4)cc3)cn12. The Morgan fingerprint density at radius 1 is 1.00 bits per heavy atom. The average Bonchev–Trinajstić information content (AvgIpc) is 3.14. The van der Waals surface area contributed by atoms with E-state index in [0.29, 0.717) is 18.0 Å². The van der Waals surface area contributed by atoms with Gasteiger partial charge in [0, 0.05) is 17.6 Å². The second-order valence-electron chi connectivity index (χ2n) is 6.27. The van der Waals surface area contributed by atoms with E-state index >= 15 is 0 Å². The van der Waals surface area contributed by atoms with Crippen LogP contribution in [-0.2, 0) is 6.61 Å². The van der Waals surface area contributed by atoms with Crippen molar-refractivity contribution in [3.05, 3.63) is 95.9 Å². The zero-order valence-corrected chi connectivity index (χ0v) is 14.9. The molecule has 2 aromatic heterocycles. The fourth-order valence-corrected chi connectivity index (χ4v) is 2.83. The molecule has 2 heterocycles. The number of ether oxygens (including phenoxy) is 1. The van der Waals surface area contributed by atoms with Crippen molar-refractivity contribution in [3.63, 3.8) is 0 Å². The Balaban J connectivity index is 1.41. The Morgan fingerprint density at radius 3 is 2.52 bits per heavy atom. The molecule has 5 nitrogen and oxygen atoms in total. The van der Waals surface area contributed by atoms with Gasteiger partial charge < -0.3 is 14.5 Å². The number of fused-ring (bicyclic) bond motifs is 1. The summed E-state index contributed by atoms with van der Waals surface area (Å²) in [5, 5.41) is 2.87. The maximum atomic E-state index is 12.5. The number of nitrogens with one attached hydrogen (secondary N) is 1. The average molecular weight is 357 g/mol. The molecular weight excluding hydrogens is 338 g/mol. The van der Waals surface area contributed by atoms with Crippen LogP contribution in [0.3, 0.4) is 0 Å². The fraction of sp³-hybridized carbons (Fsp3) is 0.0909. The summed E-state index contributed by atoms with van der Waals surface area (Å²) in [7, 11) is 0. The molecule has 0 fully saturated rings. The molecule has 0 aliphatic rings. The van der Waals surface area contributed by atoms with Gasteiger partial charge in [0.25, 0.3) is 5.91 Å². The highest BCUT2D eigenvalue weighted by Crippen LogP contribution is 2.18. The van der Waals surface area contributed by atoms with Crippen LogP contribution in [0.15, 0.2) is 79.0 Å². The van der Waals surface area contributed by atoms with Crippen LogP contribution in [0.1, 0.15) is 21.7 Å². The van der Waals surface area contributed by atoms with Crippen molar-refractivity contribution in [2.45, 2.75) is 13.5 Å². The molecule has 0 spiro atoms. The number of hydrogen-bond acceptors (Lipinski definition) is 3. The van der Waals surface area contributed by atoms with Crippen molar-refractivity contribution in [1.82, 2.24) is 9.38 Å². The van der Waals surface area contributed by atoms with Crippen LogP contribution in [0.25, 0.3) is 5.65 Å². The molecule has 2 aromatic carbocycles. The van der Waals surface area contributed by atoms with Crippen LogP contribution in [-0.4, -0.2) is 15.3 Å². The van der Waals surface area contributed by atoms with Gasteiger partial charge in [0.05, 0.1) is 0 Å². The van der Waals surface area contributed by atoms with Gasteiger partial charge in [-0.05, 0) is 48.9 Å². The number of pyridine rings is 1. The van der Waals surface area contributed by atoms with Crippen molar-refractivity contribution < 1.29 is 9.53 Å². The number of aryl methyl sites for hydroxylation is 1. The van der Waals surface area contributed by atoms with Gasteiger partial charge in [-0.1, -0.05) is 36.4 Å². The third-order valence-electron chi connectivity index (χ3n) is 4.29. The lowest BCUT2D eigenvalue weighted by molar-refractivity contribution is 0.102. The summed E-state index contributed by atoms with van der Waals surface area (Å²) in [6, 6.07) is 23.1. The molecule has 134 valence electrons. The maximum Gasteiger partial charge on any atom is 0.275 e. The number of carbonyl (C=O) groups is 1. The summed E-state index contributed by atoms with van der Waals surface area (Å²) in [5.41, 5.74) is 3.97. The number of aromatic nitrogens is 2. The van der Waals surface area contributed by atoms with Crippen LogP contribution in [0.4, 0.5) is 5.69 Å². The molecule has 1 amide bonds. The summed E-state index contributed by atoms with van der Waals surface area (Å²) < 4.78 is 7.66. The van der Waals surface area contributed by atoms with Gasteiger partial charge in [-0.25, -0.2) is 4.98 Å². The van der Waals surface area contributed by atoms with Gasteiger partial charge in [-0.15, -0.1) is 0 Å². The monoisotopic (exact) mass is 357 g/mol. The van der Waals surface area contributed by atoms with Gasteiger partial charge in [0.15, 0.2) is 0 Å². The van der Waals surface area contributed by atoms with Gasteiger partial charge in [-0.2, -0.15) is 0 Å². The van der Waals surface area contributed by atoms with E-state index in [1.165, 1.54) is 0 Å². The van der Waals surface area contributed by atoms with Gasteiger partial charge >= 0.3 is 0 Å². The normalized spacial score (nSPS) is 10.7. The number of carbonyl (C=O) groups excluding carboxylic acids is 1. The van der Waals surface area contributed by atoms with Crippen molar-refractivity contribution >= 4 is 17.2 Å². The molecule has 0 bridgehead atoms. The fourth-order valence-electron chi connectivity index (χ4n) is 2.83. The summed E-state index contributed by atoms with van der Waals surface area (Å²) in [6.07, 6.45) is 1.75. The van der Waals surface area contributed by atoms with E-state index in [9.17, 15) is 4.79 Å². The first-order valence-electron chi connectivity index (χ1n) is 8.72. The molecule has 0 radical (unpaired) electrons. The Kier molecular flexibility index (Phi) is 4.58.